The summed E-state index contributed by atoms with van der Waals surface area (Å²) in [6.45, 7) is 11.8. The zero-order valence-corrected chi connectivity index (χ0v) is 17.2. The first kappa shape index (κ1) is 18.1. The molecule has 0 fully saturated rings. The zero-order valence-electron chi connectivity index (χ0n) is 17.2. The predicted molar refractivity (Wildman–Crippen MR) is 122 cm³/mol. The second-order valence-electron chi connectivity index (χ2n) is 7.68. The molecule has 2 heterocycles. The number of hydrogen-bond acceptors (Lipinski definition) is 1. The Hall–Kier alpha value is -3.90. The Kier molecular flexibility index (Phi) is 4.15. The van der Waals surface area contributed by atoms with Crippen LogP contribution in [0.25, 0.3) is 49.2 Å². The molecule has 0 aliphatic carbocycles. The molecule has 5 rings (SSSR count). The number of nitrogens with zero attached hydrogens (tertiary/aromatic N) is 2. The quantitative estimate of drug-likeness (QED) is 0.237. The van der Waals surface area contributed by atoms with E-state index in [4.69, 9.17) is 11.0 Å². The van der Waals surface area contributed by atoms with Gasteiger partial charge in [0.2, 0.25) is 5.69 Å². The monoisotopic (exact) mass is 389 g/mol. The molecule has 5 aromatic rings. The number of fused-ring (bicyclic) bond motifs is 3. The van der Waals surface area contributed by atoms with Crippen LogP contribution in [-0.4, -0.2) is 0 Å². The highest BCUT2D eigenvalue weighted by molar-refractivity contribution is 6.17. The van der Waals surface area contributed by atoms with E-state index >= 15 is 0 Å². The van der Waals surface area contributed by atoms with Crippen LogP contribution in [0, 0.1) is 20.4 Å². The first-order chi connectivity index (χ1) is 14.6. The summed E-state index contributed by atoms with van der Waals surface area (Å²) >= 11 is 0. The van der Waals surface area contributed by atoms with Crippen LogP contribution in [0.15, 0.2) is 77.3 Å². The van der Waals surface area contributed by atoms with Gasteiger partial charge < -0.3 is 4.42 Å². The molecule has 0 radical (unpaired) electrons. The number of benzene rings is 3. The summed E-state index contributed by atoms with van der Waals surface area (Å²) in [5, 5.41) is 2.15. The smallest absolute Gasteiger partial charge is 0.216 e. The average Bonchev–Trinajstić information content (AvgIpc) is 3.16. The lowest BCUT2D eigenvalue weighted by atomic mass is 9.94. The number of pyridine rings is 1. The van der Waals surface area contributed by atoms with Crippen molar-refractivity contribution in [1.29, 1.82) is 0 Å². The van der Waals surface area contributed by atoms with Crippen molar-refractivity contribution in [3.63, 3.8) is 0 Å². The van der Waals surface area contributed by atoms with Gasteiger partial charge in [-0.2, -0.15) is 0 Å². The number of rotatable bonds is 2. The molecule has 3 heteroatoms. The highest BCUT2D eigenvalue weighted by atomic mass is 16.3. The van der Waals surface area contributed by atoms with Gasteiger partial charge in [0, 0.05) is 22.9 Å². The Morgan fingerprint density at radius 3 is 2.40 bits per heavy atom. The number of furan rings is 1. The van der Waals surface area contributed by atoms with Gasteiger partial charge in [-0.1, -0.05) is 42.5 Å². The van der Waals surface area contributed by atoms with E-state index in [1.807, 2.05) is 56.6 Å². The maximum Gasteiger partial charge on any atom is 0.216 e. The summed E-state index contributed by atoms with van der Waals surface area (Å²) in [4.78, 5) is 3.77. The van der Waals surface area contributed by atoms with Crippen LogP contribution in [0.3, 0.4) is 0 Å². The lowest BCUT2D eigenvalue weighted by Crippen LogP contribution is -2.30. The fraction of sp³-hybridized carbons (Fsp3) is 0.111. The van der Waals surface area contributed by atoms with Crippen LogP contribution in [0.5, 0.6) is 0 Å². The molecule has 144 valence electrons. The molecule has 3 aromatic carbocycles. The zero-order chi connectivity index (χ0) is 20.8. The van der Waals surface area contributed by atoms with Gasteiger partial charge in [-0.3, -0.25) is 0 Å². The first-order valence-electron chi connectivity index (χ1n) is 9.97. The Morgan fingerprint density at radius 1 is 0.900 bits per heavy atom. The van der Waals surface area contributed by atoms with Crippen LogP contribution in [0.1, 0.15) is 11.1 Å². The molecule has 0 aliphatic heterocycles. The highest BCUT2D eigenvalue weighted by Gasteiger charge is 2.23. The molecule has 30 heavy (non-hydrogen) atoms. The Bertz CT molecular complexity index is 1470. The summed E-state index contributed by atoms with van der Waals surface area (Å²) < 4.78 is 8.67. The minimum Gasteiger partial charge on any atom is -0.456 e. The van der Waals surface area contributed by atoms with Gasteiger partial charge >= 0.3 is 0 Å². The number of aromatic nitrogens is 1. The van der Waals surface area contributed by atoms with Crippen molar-refractivity contribution in [2.75, 3.05) is 0 Å². The van der Waals surface area contributed by atoms with Gasteiger partial charge in [0.25, 0.3) is 0 Å². The molecule has 0 unspecified atom stereocenters. The minimum absolute atomic E-state index is 0.629. The molecular formula is C27H21N2O+. The van der Waals surface area contributed by atoms with E-state index in [1.165, 1.54) is 0 Å². The maximum atomic E-state index is 7.67. The molecule has 3 nitrogen and oxygen atoms in total. The molecule has 0 amide bonds. The van der Waals surface area contributed by atoms with Crippen molar-refractivity contribution in [3.05, 3.63) is 95.5 Å². The van der Waals surface area contributed by atoms with Crippen molar-refractivity contribution in [3.8, 4) is 22.4 Å². The van der Waals surface area contributed by atoms with Crippen LogP contribution >= 0.6 is 0 Å². The maximum absolute atomic E-state index is 7.67. The molecule has 0 aliphatic rings. The van der Waals surface area contributed by atoms with E-state index in [9.17, 15) is 0 Å². The van der Waals surface area contributed by atoms with E-state index < -0.39 is 0 Å². The van der Waals surface area contributed by atoms with E-state index in [1.54, 1.807) is 0 Å². The Balaban J connectivity index is 1.98. The molecule has 0 saturated carbocycles. The molecular weight excluding hydrogens is 368 g/mol. The van der Waals surface area contributed by atoms with Crippen LogP contribution in [-0.2, 0) is 7.05 Å². The molecule has 2 aromatic heterocycles. The number of aryl methyl sites for hydroxylation is 3. The second-order valence-corrected chi connectivity index (χ2v) is 7.68. The summed E-state index contributed by atoms with van der Waals surface area (Å²) in [6.07, 6.45) is 2.05. The topological polar surface area (TPSA) is 21.4 Å². The van der Waals surface area contributed by atoms with Crippen molar-refractivity contribution >= 4 is 27.6 Å². The fourth-order valence-corrected chi connectivity index (χ4v) is 4.29. The molecule has 0 atom stereocenters. The lowest BCUT2D eigenvalue weighted by molar-refractivity contribution is -0.660. The summed E-state index contributed by atoms with van der Waals surface area (Å²) in [7, 11) is 2.05. The molecule has 0 saturated heterocycles. The third-order valence-corrected chi connectivity index (χ3v) is 5.86. The summed E-state index contributed by atoms with van der Waals surface area (Å²) in [5.74, 6) is 0. The van der Waals surface area contributed by atoms with Crippen molar-refractivity contribution < 1.29 is 8.98 Å². The van der Waals surface area contributed by atoms with Crippen molar-refractivity contribution in [1.82, 2.24) is 0 Å². The molecule has 0 N–H and O–H groups in total. The third kappa shape index (κ3) is 2.62. The van der Waals surface area contributed by atoms with Gasteiger partial charge in [0.05, 0.1) is 12.1 Å². The summed E-state index contributed by atoms with van der Waals surface area (Å²) in [6, 6.07) is 22.7. The fourth-order valence-electron chi connectivity index (χ4n) is 4.29. The lowest BCUT2D eigenvalue weighted by Gasteiger charge is -2.08. The van der Waals surface area contributed by atoms with E-state index in [2.05, 4.69) is 46.7 Å². The van der Waals surface area contributed by atoms with Gasteiger partial charge in [-0.05, 0) is 48.2 Å². The SMILES string of the molecule is [C-]#[N+]c1cc(-c2ccccc2)c2c(oc3c(-c4cccc[n+]4C)c(C)ccc32)c1C. The highest BCUT2D eigenvalue weighted by Crippen LogP contribution is 2.44. The van der Waals surface area contributed by atoms with E-state index in [-0.39, 0.29) is 0 Å². The first-order valence-corrected chi connectivity index (χ1v) is 9.97. The van der Waals surface area contributed by atoms with Crippen molar-refractivity contribution in [2.45, 2.75) is 13.8 Å². The van der Waals surface area contributed by atoms with E-state index in [0.717, 1.165) is 55.4 Å². The Labute approximate surface area is 175 Å². The average molecular weight is 389 g/mol. The van der Waals surface area contributed by atoms with Crippen LogP contribution in [0.2, 0.25) is 0 Å². The third-order valence-electron chi connectivity index (χ3n) is 5.86. The number of hydrogen-bond donors (Lipinski definition) is 0. The summed E-state index contributed by atoms with van der Waals surface area (Å²) in [5.41, 5.74) is 8.65. The van der Waals surface area contributed by atoms with E-state index in [0.29, 0.717) is 5.69 Å². The second kappa shape index (κ2) is 6.86. The molecule has 0 bridgehead atoms. The molecule has 0 spiro atoms. The van der Waals surface area contributed by atoms with Crippen molar-refractivity contribution in [2.24, 2.45) is 7.05 Å². The Morgan fingerprint density at radius 2 is 1.67 bits per heavy atom. The van der Waals surface area contributed by atoms with Gasteiger partial charge in [0.1, 0.15) is 18.2 Å². The normalized spacial score (nSPS) is 11.1. The van der Waals surface area contributed by atoms with Crippen LogP contribution < -0.4 is 4.57 Å². The van der Waals surface area contributed by atoms with Gasteiger partial charge in [0.15, 0.2) is 11.9 Å². The van der Waals surface area contributed by atoms with Gasteiger partial charge in [-0.25, -0.2) is 9.41 Å². The minimum atomic E-state index is 0.629. The van der Waals surface area contributed by atoms with Crippen LogP contribution in [0.4, 0.5) is 5.69 Å². The van der Waals surface area contributed by atoms with Gasteiger partial charge in [-0.15, -0.1) is 0 Å². The predicted octanol–water partition coefficient (Wildman–Crippen LogP) is 6.91. The largest absolute Gasteiger partial charge is 0.456 e. The standard InChI is InChI=1S/C27H21N2O/c1-17-13-14-20-25-21(19-10-6-5-7-11-19)16-22(28-3)18(2)26(25)30-27(20)24(17)23-12-8-9-15-29(23)4/h5-16H,1-2,4H3/q+1.